The summed E-state index contributed by atoms with van der Waals surface area (Å²) >= 11 is 2.96. The third-order valence-electron chi connectivity index (χ3n) is 1.97. The highest BCUT2D eigenvalue weighted by Crippen LogP contribution is 2.18. The largest absolute Gasteiger partial charge is 0.394 e. The van der Waals surface area contributed by atoms with E-state index < -0.39 is 31.0 Å². The average Bonchev–Trinajstić information content (AvgIpc) is 2.29. The molecule has 0 aliphatic heterocycles. The predicted octanol–water partition coefficient (Wildman–Crippen LogP) is 0.671. The number of carbonyl (C=O) groups excluding carboxylic acids is 1. The maximum Gasteiger partial charge on any atom is 0.254 e. The van der Waals surface area contributed by atoms with Crippen LogP contribution in [0.25, 0.3) is 0 Å². The molecule has 0 saturated heterocycles. The number of benzene rings is 1. The van der Waals surface area contributed by atoms with Gasteiger partial charge in [-0.05, 0) is 28.1 Å². The molecule has 0 bridgehead atoms. The van der Waals surface area contributed by atoms with Crippen LogP contribution in [0.2, 0.25) is 0 Å². The number of hydrogen-bond acceptors (Lipinski definition) is 3. The van der Waals surface area contributed by atoms with E-state index in [1.807, 2.05) is 0 Å². The minimum absolute atomic E-state index is 0.138. The summed E-state index contributed by atoms with van der Waals surface area (Å²) < 4.78 is 13.7. The first kappa shape index (κ1) is 13.1. The van der Waals surface area contributed by atoms with Crippen LogP contribution in [0.15, 0.2) is 22.7 Å². The van der Waals surface area contributed by atoms with E-state index in [0.717, 1.165) is 0 Å². The van der Waals surface area contributed by atoms with Gasteiger partial charge in [0, 0.05) is 0 Å². The third kappa shape index (κ3) is 3.01. The van der Waals surface area contributed by atoms with Crippen molar-refractivity contribution < 1.29 is 19.4 Å². The van der Waals surface area contributed by atoms with E-state index in [2.05, 4.69) is 21.2 Å². The van der Waals surface area contributed by atoms with E-state index in [9.17, 15) is 9.18 Å². The van der Waals surface area contributed by atoms with E-state index >= 15 is 0 Å². The number of rotatable bonds is 4. The molecule has 0 heterocycles. The fraction of sp³-hybridized carbons (Fsp3) is 0.300. The van der Waals surface area contributed by atoms with Crippen molar-refractivity contribution in [2.75, 3.05) is 13.2 Å². The first-order chi connectivity index (χ1) is 7.60. The molecule has 16 heavy (non-hydrogen) atoms. The lowest BCUT2D eigenvalue weighted by Crippen LogP contribution is -2.40. The Morgan fingerprint density at radius 3 is 2.62 bits per heavy atom. The molecule has 1 aromatic carbocycles. The number of aliphatic hydroxyl groups is 2. The van der Waals surface area contributed by atoms with Crippen LogP contribution < -0.4 is 5.32 Å². The van der Waals surface area contributed by atoms with Gasteiger partial charge in [0.25, 0.3) is 5.91 Å². The Morgan fingerprint density at radius 1 is 1.44 bits per heavy atom. The Morgan fingerprint density at radius 2 is 2.06 bits per heavy atom. The van der Waals surface area contributed by atoms with E-state index in [-0.39, 0.29) is 10.0 Å². The standard InChI is InChI=1S/C10H11BrFNO3/c11-8-3-1-2-7(9(8)12)10(16)13-6(4-14)5-15/h1-3,6,14-15H,4-5H2,(H,13,16). The van der Waals surface area contributed by atoms with E-state index in [4.69, 9.17) is 10.2 Å². The highest BCUT2D eigenvalue weighted by atomic mass is 79.9. The van der Waals surface area contributed by atoms with Crippen LogP contribution in [0.1, 0.15) is 10.4 Å². The van der Waals surface area contributed by atoms with Gasteiger partial charge < -0.3 is 15.5 Å². The van der Waals surface area contributed by atoms with Crippen LogP contribution in [-0.4, -0.2) is 35.4 Å². The van der Waals surface area contributed by atoms with Crippen LogP contribution >= 0.6 is 15.9 Å². The van der Waals surface area contributed by atoms with Crippen molar-refractivity contribution in [3.05, 3.63) is 34.1 Å². The summed E-state index contributed by atoms with van der Waals surface area (Å²) in [6.07, 6.45) is 0. The van der Waals surface area contributed by atoms with Gasteiger partial charge in [0.15, 0.2) is 0 Å². The summed E-state index contributed by atoms with van der Waals surface area (Å²) in [6.45, 7) is -0.810. The van der Waals surface area contributed by atoms with Gasteiger partial charge in [0.1, 0.15) is 5.82 Å². The van der Waals surface area contributed by atoms with Gasteiger partial charge in [0.2, 0.25) is 0 Å². The fourth-order valence-corrected chi connectivity index (χ4v) is 1.46. The maximum absolute atomic E-state index is 13.5. The SMILES string of the molecule is O=C(NC(CO)CO)c1cccc(Br)c1F. The number of amides is 1. The summed E-state index contributed by atoms with van der Waals surface area (Å²) in [7, 11) is 0. The van der Waals surface area contributed by atoms with Gasteiger partial charge in [-0.3, -0.25) is 4.79 Å². The Balaban J connectivity index is 2.84. The van der Waals surface area contributed by atoms with E-state index in [0.29, 0.717) is 0 Å². The van der Waals surface area contributed by atoms with E-state index in [1.54, 1.807) is 0 Å². The monoisotopic (exact) mass is 291 g/mol. The number of hydrogen-bond donors (Lipinski definition) is 3. The van der Waals surface area contributed by atoms with Gasteiger partial charge in [-0.1, -0.05) is 6.07 Å². The quantitative estimate of drug-likeness (QED) is 0.764. The first-order valence-electron chi connectivity index (χ1n) is 4.56. The van der Waals surface area contributed by atoms with Crippen LogP contribution in [0.3, 0.4) is 0 Å². The molecular formula is C10H11BrFNO3. The summed E-state index contributed by atoms with van der Waals surface area (Å²) in [5, 5.41) is 19.8. The lowest BCUT2D eigenvalue weighted by atomic mass is 10.2. The zero-order valence-corrected chi connectivity index (χ0v) is 9.87. The molecule has 0 unspecified atom stereocenters. The maximum atomic E-state index is 13.5. The predicted molar refractivity (Wildman–Crippen MR) is 59.5 cm³/mol. The molecule has 0 atom stereocenters. The molecule has 1 rings (SSSR count). The molecule has 0 fully saturated rings. The summed E-state index contributed by atoms with van der Waals surface area (Å²) in [5.74, 6) is -1.35. The molecule has 88 valence electrons. The summed E-state index contributed by atoms with van der Waals surface area (Å²) in [6, 6.07) is 3.53. The molecule has 1 aromatic rings. The Kier molecular flexibility index (Phi) is 4.85. The van der Waals surface area contributed by atoms with Gasteiger partial charge in [0.05, 0.1) is 29.3 Å². The first-order valence-corrected chi connectivity index (χ1v) is 5.36. The second-order valence-corrected chi connectivity index (χ2v) is 3.99. The number of halogens is 2. The zero-order valence-electron chi connectivity index (χ0n) is 8.28. The minimum Gasteiger partial charge on any atom is -0.394 e. The highest BCUT2D eigenvalue weighted by Gasteiger charge is 2.16. The van der Waals surface area contributed by atoms with Gasteiger partial charge in [-0.15, -0.1) is 0 Å². The summed E-state index contributed by atoms with van der Waals surface area (Å²) in [5.41, 5.74) is -0.138. The molecule has 0 spiro atoms. The van der Waals surface area contributed by atoms with Crippen LogP contribution in [0.5, 0.6) is 0 Å². The molecule has 6 heteroatoms. The third-order valence-corrected chi connectivity index (χ3v) is 2.58. The second kappa shape index (κ2) is 5.93. The normalized spacial score (nSPS) is 10.6. The van der Waals surface area contributed by atoms with Crippen LogP contribution in [0.4, 0.5) is 4.39 Å². The topological polar surface area (TPSA) is 69.6 Å². The van der Waals surface area contributed by atoms with E-state index in [1.165, 1.54) is 18.2 Å². The van der Waals surface area contributed by atoms with Crippen LogP contribution in [-0.2, 0) is 0 Å². The molecule has 3 N–H and O–H groups in total. The van der Waals surface area contributed by atoms with Crippen molar-refractivity contribution in [1.82, 2.24) is 5.32 Å². The van der Waals surface area contributed by atoms with Gasteiger partial charge in [-0.25, -0.2) is 4.39 Å². The molecule has 0 aromatic heterocycles. The molecule has 0 radical (unpaired) electrons. The Hall–Kier alpha value is -0.980. The van der Waals surface area contributed by atoms with Crippen molar-refractivity contribution in [3.63, 3.8) is 0 Å². The average molecular weight is 292 g/mol. The molecule has 4 nitrogen and oxygen atoms in total. The van der Waals surface area contributed by atoms with Crippen molar-refractivity contribution >= 4 is 21.8 Å². The fourth-order valence-electron chi connectivity index (χ4n) is 1.09. The zero-order chi connectivity index (χ0) is 12.1. The van der Waals surface area contributed by atoms with Crippen molar-refractivity contribution in [1.29, 1.82) is 0 Å². The molecular weight excluding hydrogens is 281 g/mol. The second-order valence-electron chi connectivity index (χ2n) is 3.14. The van der Waals surface area contributed by atoms with Crippen LogP contribution in [0, 0.1) is 5.82 Å². The Labute approximate surface area is 100 Å². The van der Waals surface area contributed by atoms with Crippen molar-refractivity contribution in [2.24, 2.45) is 0 Å². The van der Waals surface area contributed by atoms with Crippen molar-refractivity contribution in [2.45, 2.75) is 6.04 Å². The smallest absolute Gasteiger partial charge is 0.254 e. The number of carbonyl (C=O) groups is 1. The lowest BCUT2D eigenvalue weighted by Gasteiger charge is -2.13. The van der Waals surface area contributed by atoms with Crippen molar-refractivity contribution in [3.8, 4) is 0 Å². The molecule has 0 aliphatic rings. The Bertz CT molecular complexity index is 382. The molecule has 1 amide bonds. The summed E-state index contributed by atoms with van der Waals surface area (Å²) in [4.78, 5) is 11.6. The number of nitrogens with one attached hydrogen (secondary N) is 1. The number of aliphatic hydroxyl groups excluding tert-OH is 2. The lowest BCUT2D eigenvalue weighted by molar-refractivity contribution is 0.0875. The van der Waals surface area contributed by atoms with Gasteiger partial charge >= 0.3 is 0 Å². The highest BCUT2D eigenvalue weighted by molar-refractivity contribution is 9.10. The van der Waals surface area contributed by atoms with Gasteiger partial charge in [-0.2, -0.15) is 0 Å². The molecule has 0 saturated carbocycles. The molecule has 0 aliphatic carbocycles. The minimum atomic E-state index is -0.786.